The third-order valence-corrected chi connectivity index (χ3v) is 5.76. The van der Waals surface area contributed by atoms with Crippen LogP contribution in [0.2, 0.25) is 0 Å². The lowest BCUT2D eigenvalue weighted by molar-refractivity contribution is 0.181. The predicted octanol–water partition coefficient (Wildman–Crippen LogP) is 1.92. The van der Waals surface area contributed by atoms with Gasteiger partial charge in [-0.2, -0.15) is 4.31 Å². The maximum absolute atomic E-state index is 11.8. The average Bonchev–Trinajstić information content (AvgIpc) is 2.39. The van der Waals surface area contributed by atoms with Gasteiger partial charge in [0.1, 0.15) is 0 Å². The summed E-state index contributed by atoms with van der Waals surface area (Å²) in [7, 11) is -3.03. The normalized spacial score (nSPS) is 18.6. The Labute approximate surface area is 123 Å². The summed E-state index contributed by atoms with van der Waals surface area (Å²) in [4.78, 5) is 2.30. The van der Waals surface area contributed by atoms with Gasteiger partial charge in [-0.1, -0.05) is 28.1 Å². The Bertz CT molecular complexity index is 525. The molecule has 0 saturated carbocycles. The summed E-state index contributed by atoms with van der Waals surface area (Å²) >= 11 is 3.47. The van der Waals surface area contributed by atoms with Gasteiger partial charge in [0, 0.05) is 37.2 Å². The monoisotopic (exact) mass is 346 g/mol. The maximum atomic E-state index is 11.8. The van der Waals surface area contributed by atoms with Gasteiger partial charge in [0.25, 0.3) is 0 Å². The first-order valence-corrected chi connectivity index (χ1v) is 8.86. The third-order valence-electron chi connectivity index (χ3n) is 3.38. The second kappa shape index (κ2) is 6.35. The van der Waals surface area contributed by atoms with Crippen LogP contribution in [0, 0.1) is 0 Å². The minimum atomic E-state index is -3.03. The highest BCUT2D eigenvalue weighted by Gasteiger charge is 2.25. The Hall–Kier alpha value is -0.430. The van der Waals surface area contributed by atoms with Crippen molar-refractivity contribution < 1.29 is 8.42 Å². The highest BCUT2D eigenvalue weighted by molar-refractivity contribution is 9.10. The lowest BCUT2D eigenvalue weighted by Crippen LogP contribution is -2.48. The first-order chi connectivity index (χ1) is 9.01. The molecular weight excluding hydrogens is 328 g/mol. The quantitative estimate of drug-likeness (QED) is 0.836. The molecule has 0 spiro atoms. The van der Waals surface area contributed by atoms with E-state index in [1.54, 1.807) is 11.2 Å². The lowest BCUT2D eigenvalue weighted by Gasteiger charge is -2.33. The summed E-state index contributed by atoms with van der Waals surface area (Å²) in [6.07, 6.45) is 0. The van der Waals surface area contributed by atoms with Gasteiger partial charge in [0.15, 0.2) is 0 Å². The predicted molar refractivity (Wildman–Crippen MR) is 80.5 cm³/mol. The number of hydrogen-bond acceptors (Lipinski definition) is 3. The van der Waals surface area contributed by atoms with E-state index in [-0.39, 0.29) is 5.75 Å². The zero-order chi connectivity index (χ0) is 13.9. The van der Waals surface area contributed by atoms with Gasteiger partial charge in [-0.3, -0.25) is 4.90 Å². The van der Waals surface area contributed by atoms with Crippen molar-refractivity contribution in [2.24, 2.45) is 0 Å². The molecular formula is C13H19BrN2O2S. The van der Waals surface area contributed by atoms with Crippen LogP contribution in [0.1, 0.15) is 12.5 Å². The van der Waals surface area contributed by atoms with E-state index in [4.69, 9.17) is 0 Å². The standard InChI is InChI=1S/C13H19BrN2O2S/c1-2-19(17,18)16-8-6-15(7-9-16)11-12-4-3-5-13(14)10-12/h3-5,10H,2,6-9,11H2,1H3. The van der Waals surface area contributed by atoms with Gasteiger partial charge in [0.05, 0.1) is 5.75 Å². The average molecular weight is 347 g/mol. The Kier molecular flexibility index (Phi) is 5.00. The molecule has 106 valence electrons. The minimum Gasteiger partial charge on any atom is -0.296 e. The molecule has 1 fully saturated rings. The number of nitrogens with zero attached hydrogens (tertiary/aromatic N) is 2. The van der Waals surface area contributed by atoms with Crippen LogP contribution in [0.25, 0.3) is 0 Å². The van der Waals surface area contributed by atoms with Crippen LogP contribution in [-0.4, -0.2) is 49.6 Å². The number of benzene rings is 1. The topological polar surface area (TPSA) is 40.6 Å². The van der Waals surface area contributed by atoms with Crippen LogP contribution in [0.5, 0.6) is 0 Å². The van der Waals surface area contributed by atoms with E-state index in [1.165, 1.54) is 5.56 Å². The number of halogens is 1. The van der Waals surface area contributed by atoms with Crippen molar-refractivity contribution in [1.29, 1.82) is 0 Å². The van der Waals surface area contributed by atoms with Gasteiger partial charge >= 0.3 is 0 Å². The van der Waals surface area contributed by atoms with Crippen LogP contribution >= 0.6 is 15.9 Å². The first kappa shape index (κ1) is 15.0. The Morgan fingerprint density at radius 1 is 1.21 bits per heavy atom. The summed E-state index contributed by atoms with van der Waals surface area (Å²) in [5.41, 5.74) is 1.25. The van der Waals surface area contributed by atoms with Crippen LogP contribution in [0.15, 0.2) is 28.7 Å². The van der Waals surface area contributed by atoms with E-state index < -0.39 is 10.0 Å². The van der Waals surface area contributed by atoms with Gasteiger partial charge in [0.2, 0.25) is 10.0 Å². The molecule has 1 aliphatic rings. The molecule has 0 atom stereocenters. The summed E-state index contributed by atoms with van der Waals surface area (Å²) in [5.74, 6) is 0.193. The van der Waals surface area contributed by atoms with Crippen molar-refractivity contribution in [2.45, 2.75) is 13.5 Å². The summed E-state index contributed by atoms with van der Waals surface area (Å²) < 4.78 is 26.2. The fraction of sp³-hybridized carbons (Fsp3) is 0.538. The van der Waals surface area contributed by atoms with Crippen LogP contribution in [-0.2, 0) is 16.6 Å². The van der Waals surface area contributed by atoms with Crippen molar-refractivity contribution in [1.82, 2.24) is 9.21 Å². The zero-order valence-electron chi connectivity index (χ0n) is 11.0. The molecule has 1 aromatic rings. The molecule has 0 radical (unpaired) electrons. The molecule has 0 bridgehead atoms. The number of sulfonamides is 1. The third kappa shape index (κ3) is 4.02. The van der Waals surface area contributed by atoms with Crippen molar-refractivity contribution in [3.63, 3.8) is 0 Å². The van der Waals surface area contributed by atoms with E-state index in [1.807, 2.05) is 12.1 Å². The van der Waals surface area contributed by atoms with Crippen molar-refractivity contribution in [3.8, 4) is 0 Å². The Morgan fingerprint density at radius 2 is 1.89 bits per heavy atom. The molecule has 1 heterocycles. The molecule has 0 aromatic heterocycles. The van der Waals surface area contributed by atoms with Crippen LogP contribution in [0.3, 0.4) is 0 Å². The van der Waals surface area contributed by atoms with Gasteiger partial charge in [-0.15, -0.1) is 0 Å². The smallest absolute Gasteiger partial charge is 0.213 e. The van der Waals surface area contributed by atoms with Crippen molar-refractivity contribution >= 4 is 26.0 Å². The molecule has 2 rings (SSSR count). The fourth-order valence-corrected chi connectivity index (χ4v) is 3.77. The zero-order valence-corrected chi connectivity index (χ0v) is 13.5. The highest BCUT2D eigenvalue weighted by Crippen LogP contribution is 2.15. The van der Waals surface area contributed by atoms with Gasteiger partial charge in [-0.25, -0.2) is 8.42 Å². The largest absolute Gasteiger partial charge is 0.296 e. The molecule has 0 amide bonds. The second-order valence-corrected chi connectivity index (χ2v) is 7.88. The van der Waals surface area contributed by atoms with E-state index >= 15 is 0 Å². The Morgan fingerprint density at radius 3 is 2.47 bits per heavy atom. The number of hydrogen-bond donors (Lipinski definition) is 0. The molecule has 6 heteroatoms. The van der Waals surface area contributed by atoms with E-state index in [0.29, 0.717) is 13.1 Å². The highest BCUT2D eigenvalue weighted by atomic mass is 79.9. The summed E-state index contributed by atoms with van der Waals surface area (Å²) in [6, 6.07) is 8.24. The molecule has 0 N–H and O–H groups in total. The molecule has 0 aliphatic carbocycles. The molecule has 1 aliphatic heterocycles. The van der Waals surface area contributed by atoms with Crippen LogP contribution in [0.4, 0.5) is 0 Å². The number of rotatable bonds is 4. The summed E-state index contributed by atoms with van der Waals surface area (Å²) in [6.45, 7) is 5.37. The van der Waals surface area contributed by atoms with Crippen molar-refractivity contribution in [2.75, 3.05) is 31.9 Å². The van der Waals surface area contributed by atoms with Crippen LogP contribution < -0.4 is 0 Å². The first-order valence-electron chi connectivity index (χ1n) is 6.46. The maximum Gasteiger partial charge on any atom is 0.213 e. The summed E-state index contributed by atoms with van der Waals surface area (Å²) in [5, 5.41) is 0. The van der Waals surface area contributed by atoms with E-state index in [9.17, 15) is 8.42 Å². The fourth-order valence-electron chi connectivity index (χ4n) is 2.24. The molecule has 1 saturated heterocycles. The van der Waals surface area contributed by atoms with E-state index in [2.05, 4.69) is 33.0 Å². The van der Waals surface area contributed by atoms with Crippen molar-refractivity contribution in [3.05, 3.63) is 34.3 Å². The number of piperazine rings is 1. The molecule has 4 nitrogen and oxygen atoms in total. The molecule has 19 heavy (non-hydrogen) atoms. The lowest BCUT2D eigenvalue weighted by atomic mass is 10.2. The van der Waals surface area contributed by atoms with Gasteiger partial charge in [-0.05, 0) is 24.6 Å². The second-order valence-electron chi connectivity index (χ2n) is 4.71. The minimum absolute atomic E-state index is 0.193. The molecule has 0 unspecified atom stereocenters. The Balaban J connectivity index is 1.91. The van der Waals surface area contributed by atoms with Gasteiger partial charge < -0.3 is 0 Å². The van der Waals surface area contributed by atoms with E-state index in [0.717, 1.165) is 24.1 Å². The molecule has 1 aromatic carbocycles. The SMILES string of the molecule is CCS(=O)(=O)N1CCN(Cc2cccc(Br)c2)CC1.